The first-order valence-electron chi connectivity index (χ1n) is 9.86. The van der Waals surface area contributed by atoms with E-state index in [1.807, 2.05) is 6.07 Å². The van der Waals surface area contributed by atoms with Gasteiger partial charge in [-0.3, -0.25) is 9.79 Å². The smallest absolute Gasteiger partial charge is 0.206 e. The summed E-state index contributed by atoms with van der Waals surface area (Å²) < 4.78 is 31.0. The molecule has 0 radical (unpaired) electrons. The third kappa shape index (κ3) is 6.85. The molecule has 1 heterocycles. The van der Waals surface area contributed by atoms with Crippen LogP contribution in [0.3, 0.4) is 0 Å². The molecule has 0 bridgehead atoms. The van der Waals surface area contributed by atoms with E-state index in [-0.39, 0.29) is 23.3 Å². The van der Waals surface area contributed by atoms with Crippen LogP contribution in [0.15, 0.2) is 76.9 Å². The first-order valence-corrected chi connectivity index (χ1v) is 9.86. The Labute approximate surface area is 189 Å². The highest BCUT2D eigenvalue weighted by Gasteiger charge is 2.08. The van der Waals surface area contributed by atoms with Crippen LogP contribution in [0.5, 0.6) is 5.75 Å². The molecule has 0 aliphatic heterocycles. The van der Waals surface area contributed by atoms with Gasteiger partial charge in [0.05, 0.1) is 35.8 Å². The second-order valence-electron chi connectivity index (χ2n) is 6.73. The van der Waals surface area contributed by atoms with Gasteiger partial charge in [-0.05, 0) is 42.5 Å². The van der Waals surface area contributed by atoms with E-state index in [2.05, 4.69) is 16.7 Å². The maximum absolute atomic E-state index is 13.7. The fourth-order valence-electron chi connectivity index (χ4n) is 2.68. The fourth-order valence-corrected chi connectivity index (χ4v) is 2.68. The number of hydrogen-bond donors (Lipinski definition) is 0. The number of rotatable bonds is 10. The van der Waals surface area contributed by atoms with E-state index in [4.69, 9.17) is 19.5 Å². The maximum Gasteiger partial charge on any atom is 0.206 e. The molecule has 0 fully saturated rings. The molecule has 0 aliphatic carbocycles. The Balaban J connectivity index is 1.65. The van der Waals surface area contributed by atoms with Crippen molar-refractivity contribution in [1.82, 2.24) is 9.78 Å². The van der Waals surface area contributed by atoms with Crippen LogP contribution in [0.2, 0.25) is 0 Å². The van der Waals surface area contributed by atoms with Crippen LogP contribution in [0.25, 0.3) is 5.69 Å². The number of methoxy groups -OCH3 is 1. The fraction of sp³-hybridized carbons (Fsp3) is 0.167. The predicted molar refractivity (Wildman–Crippen MR) is 120 cm³/mol. The van der Waals surface area contributed by atoms with Gasteiger partial charge in [0.1, 0.15) is 36.2 Å². The van der Waals surface area contributed by atoms with Crippen molar-refractivity contribution >= 4 is 11.9 Å². The van der Waals surface area contributed by atoms with Crippen LogP contribution in [-0.2, 0) is 16.1 Å². The van der Waals surface area contributed by atoms with E-state index in [1.165, 1.54) is 35.3 Å². The van der Waals surface area contributed by atoms with Crippen molar-refractivity contribution in [2.75, 3.05) is 20.3 Å². The van der Waals surface area contributed by atoms with Gasteiger partial charge < -0.3 is 14.2 Å². The number of nitriles is 1. The van der Waals surface area contributed by atoms with Gasteiger partial charge in [-0.1, -0.05) is 6.58 Å². The standard InChI is InChI=1S/C24H21FN4O4/c1-17(32-10-9-31-2)15-27-20-3-5-22(6-4-20)33-16-23-24(30)7-8-29(28-23)21-12-18(14-26)11-19(25)13-21/h3-8,11-13,15H,1,9-10,16H2,2H3. The molecule has 0 saturated carbocycles. The van der Waals surface area contributed by atoms with Crippen molar-refractivity contribution in [1.29, 1.82) is 5.26 Å². The van der Waals surface area contributed by atoms with Gasteiger partial charge in [0.2, 0.25) is 5.43 Å². The number of allylic oxidation sites excluding steroid dienone is 1. The van der Waals surface area contributed by atoms with Crippen molar-refractivity contribution in [2.45, 2.75) is 6.61 Å². The van der Waals surface area contributed by atoms with E-state index < -0.39 is 5.82 Å². The highest BCUT2D eigenvalue weighted by Crippen LogP contribution is 2.19. The molecule has 9 heteroatoms. The molecule has 33 heavy (non-hydrogen) atoms. The maximum atomic E-state index is 13.7. The van der Waals surface area contributed by atoms with Gasteiger partial charge in [0.25, 0.3) is 0 Å². The Hall–Kier alpha value is -4.29. The SMILES string of the molecule is C=C(C=Nc1ccc(OCc2nn(-c3cc(F)cc(C#N)c3)ccc2=O)cc1)OCCOC. The minimum Gasteiger partial charge on any atom is -0.490 e. The highest BCUT2D eigenvalue weighted by atomic mass is 19.1. The van der Waals surface area contributed by atoms with Crippen molar-refractivity contribution < 1.29 is 18.6 Å². The molecular formula is C24H21FN4O4. The Kier molecular flexibility index (Phi) is 8.05. The molecule has 0 saturated heterocycles. The second-order valence-corrected chi connectivity index (χ2v) is 6.73. The molecular weight excluding hydrogens is 427 g/mol. The summed E-state index contributed by atoms with van der Waals surface area (Å²) in [6.45, 7) is 4.51. The Morgan fingerprint density at radius 3 is 2.76 bits per heavy atom. The van der Waals surface area contributed by atoms with Crippen LogP contribution in [-0.4, -0.2) is 36.3 Å². The average molecular weight is 448 g/mol. The molecule has 0 spiro atoms. The number of aliphatic imine (C=N–C) groups is 1. The lowest BCUT2D eigenvalue weighted by Gasteiger charge is -2.09. The monoisotopic (exact) mass is 448 g/mol. The third-order valence-electron chi connectivity index (χ3n) is 4.30. The van der Waals surface area contributed by atoms with E-state index in [0.29, 0.717) is 36.1 Å². The summed E-state index contributed by atoms with van der Waals surface area (Å²) in [6, 6.07) is 13.9. The van der Waals surface area contributed by atoms with Crippen molar-refractivity contribution in [3.63, 3.8) is 0 Å². The molecule has 0 amide bonds. The van der Waals surface area contributed by atoms with Gasteiger partial charge in [0, 0.05) is 19.4 Å². The highest BCUT2D eigenvalue weighted by molar-refractivity contribution is 5.77. The van der Waals surface area contributed by atoms with E-state index >= 15 is 0 Å². The quantitative estimate of drug-likeness (QED) is 0.266. The number of hydrogen-bond acceptors (Lipinski definition) is 7. The Bertz CT molecular complexity index is 1250. The zero-order chi connectivity index (χ0) is 23.6. The number of aromatic nitrogens is 2. The van der Waals surface area contributed by atoms with Crippen molar-refractivity contribution in [3.05, 3.63) is 94.4 Å². The summed E-state index contributed by atoms with van der Waals surface area (Å²) in [5, 5.41) is 13.2. The largest absolute Gasteiger partial charge is 0.490 e. The van der Waals surface area contributed by atoms with Crippen LogP contribution in [0.1, 0.15) is 11.3 Å². The zero-order valence-electron chi connectivity index (χ0n) is 17.9. The second kappa shape index (κ2) is 11.4. The topological polar surface area (TPSA) is 98.7 Å². The summed E-state index contributed by atoms with van der Waals surface area (Å²) in [4.78, 5) is 16.4. The van der Waals surface area contributed by atoms with Crippen LogP contribution in [0.4, 0.5) is 10.1 Å². The molecule has 2 aromatic carbocycles. The summed E-state index contributed by atoms with van der Waals surface area (Å²) in [5.74, 6) is 0.354. The summed E-state index contributed by atoms with van der Waals surface area (Å²) in [6.07, 6.45) is 2.91. The van der Waals surface area contributed by atoms with Gasteiger partial charge >= 0.3 is 0 Å². The normalized spacial score (nSPS) is 10.7. The molecule has 3 aromatic rings. The number of halogens is 1. The molecule has 3 rings (SSSR count). The Morgan fingerprint density at radius 2 is 2.03 bits per heavy atom. The number of nitrogens with zero attached hydrogens (tertiary/aromatic N) is 4. The van der Waals surface area contributed by atoms with Gasteiger partial charge in [-0.2, -0.15) is 10.4 Å². The summed E-state index contributed by atoms with van der Waals surface area (Å²) in [7, 11) is 1.59. The van der Waals surface area contributed by atoms with Crippen LogP contribution < -0.4 is 10.2 Å². The zero-order valence-corrected chi connectivity index (χ0v) is 17.9. The van der Waals surface area contributed by atoms with Gasteiger partial charge in [0.15, 0.2) is 0 Å². The summed E-state index contributed by atoms with van der Waals surface area (Å²) >= 11 is 0. The summed E-state index contributed by atoms with van der Waals surface area (Å²) in [5.41, 5.74) is 0.945. The molecule has 0 N–H and O–H groups in total. The van der Waals surface area contributed by atoms with Crippen LogP contribution in [0, 0.1) is 17.1 Å². The van der Waals surface area contributed by atoms with E-state index in [9.17, 15) is 9.18 Å². The van der Waals surface area contributed by atoms with E-state index in [0.717, 1.165) is 6.07 Å². The van der Waals surface area contributed by atoms with Gasteiger partial charge in [-0.15, -0.1) is 0 Å². The number of benzene rings is 2. The molecule has 168 valence electrons. The van der Waals surface area contributed by atoms with E-state index in [1.54, 1.807) is 31.4 Å². The lowest BCUT2D eigenvalue weighted by Crippen LogP contribution is -2.18. The molecule has 0 unspecified atom stereocenters. The predicted octanol–water partition coefficient (Wildman–Crippen LogP) is 3.70. The number of ether oxygens (including phenoxy) is 3. The minimum absolute atomic E-state index is 0.0904. The molecule has 8 nitrogen and oxygen atoms in total. The minimum atomic E-state index is -0.574. The lowest BCUT2D eigenvalue weighted by atomic mass is 10.2. The molecule has 0 aliphatic rings. The Morgan fingerprint density at radius 1 is 1.24 bits per heavy atom. The third-order valence-corrected chi connectivity index (χ3v) is 4.30. The van der Waals surface area contributed by atoms with Gasteiger partial charge in [-0.25, -0.2) is 9.07 Å². The first-order chi connectivity index (χ1) is 16.0. The van der Waals surface area contributed by atoms with Crippen molar-refractivity contribution in [2.24, 2.45) is 4.99 Å². The van der Waals surface area contributed by atoms with Crippen LogP contribution >= 0.6 is 0 Å². The average Bonchev–Trinajstić information content (AvgIpc) is 2.82. The van der Waals surface area contributed by atoms with Crippen molar-refractivity contribution in [3.8, 4) is 17.5 Å². The lowest BCUT2D eigenvalue weighted by molar-refractivity contribution is 0.118. The molecule has 1 aromatic heterocycles. The first kappa shape index (κ1) is 23.4. The molecule has 0 atom stereocenters.